The van der Waals surface area contributed by atoms with Gasteiger partial charge in [0.15, 0.2) is 0 Å². The maximum absolute atomic E-state index is 11.9. The molecular formula is C18H27N3O2. The van der Waals surface area contributed by atoms with Crippen molar-refractivity contribution >= 4 is 11.8 Å². The number of likely N-dealkylation sites (tertiary alicyclic amines) is 1. The molecule has 2 N–H and O–H groups in total. The van der Waals surface area contributed by atoms with E-state index in [9.17, 15) is 9.59 Å². The Bertz CT molecular complexity index is 496. The van der Waals surface area contributed by atoms with Gasteiger partial charge in [0.2, 0.25) is 11.8 Å². The SMILES string of the molecule is CC(=O)NCCNC(=O)CN1CCC(Cc2ccccc2)CC1. The summed E-state index contributed by atoms with van der Waals surface area (Å²) in [5.41, 5.74) is 1.40. The van der Waals surface area contributed by atoms with Gasteiger partial charge in [0.1, 0.15) is 0 Å². The molecule has 5 heteroatoms. The van der Waals surface area contributed by atoms with Gasteiger partial charge in [-0.05, 0) is 43.8 Å². The highest BCUT2D eigenvalue weighted by Gasteiger charge is 2.20. The summed E-state index contributed by atoms with van der Waals surface area (Å²) in [6, 6.07) is 10.6. The van der Waals surface area contributed by atoms with Gasteiger partial charge in [-0.2, -0.15) is 0 Å². The molecule has 23 heavy (non-hydrogen) atoms. The van der Waals surface area contributed by atoms with Crippen LogP contribution in [0.2, 0.25) is 0 Å². The van der Waals surface area contributed by atoms with Crippen LogP contribution >= 0.6 is 0 Å². The minimum atomic E-state index is -0.0697. The molecule has 2 rings (SSSR count). The minimum Gasteiger partial charge on any atom is -0.355 e. The fourth-order valence-corrected chi connectivity index (χ4v) is 3.00. The van der Waals surface area contributed by atoms with E-state index in [1.165, 1.54) is 12.5 Å². The van der Waals surface area contributed by atoms with Crippen molar-refractivity contribution in [3.63, 3.8) is 0 Å². The number of carbonyl (C=O) groups is 2. The molecule has 1 heterocycles. The van der Waals surface area contributed by atoms with Crippen LogP contribution in [0.5, 0.6) is 0 Å². The first-order valence-electron chi connectivity index (χ1n) is 8.41. The Hall–Kier alpha value is -1.88. The zero-order chi connectivity index (χ0) is 16.5. The molecule has 5 nitrogen and oxygen atoms in total. The highest BCUT2D eigenvalue weighted by molar-refractivity contribution is 5.78. The molecule has 0 atom stereocenters. The minimum absolute atomic E-state index is 0.0388. The number of nitrogens with zero attached hydrogens (tertiary/aromatic N) is 1. The Morgan fingerprint density at radius 1 is 1.09 bits per heavy atom. The van der Waals surface area contributed by atoms with Crippen LogP contribution in [0.15, 0.2) is 30.3 Å². The zero-order valence-electron chi connectivity index (χ0n) is 13.9. The molecule has 0 spiro atoms. The van der Waals surface area contributed by atoms with Crippen molar-refractivity contribution < 1.29 is 9.59 Å². The van der Waals surface area contributed by atoms with Crippen molar-refractivity contribution in [3.05, 3.63) is 35.9 Å². The van der Waals surface area contributed by atoms with Gasteiger partial charge >= 0.3 is 0 Å². The number of carbonyl (C=O) groups excluding carboxylic acids is 2. The molecule has 1 aromatic carbocycles. The molecule has 0 aliphatic carbocycles. The summed E-state index contributed by atoms with van der Waals surface area (Å²) in [6.45, 7) is 4.87. The van der Waals surface area contributed by atoms with Gasteiger partial charge in [0, 0.05) is 20.0 Å². The van der Waals surface area contributed by atoms with Crippen molar-refractivity contribution in [1.82, 2.24) is 15.5 Å². The van der Waals surface area contributed by atoms with Gasteiger partial charge in [-0.1, -0.05) is 30.3 Å². The maximum atomic E-state index is 11.9. The van der Waals surface area contributed by atoms with E-state index < -0.39 is 0 Å². The summed E-state index contributed by atoms with van der Waals surface area (Å²) in [5, 5.41) is 5.51. The topological polar surface area (TPSA) is 61.4 Å². The Balaban J connectivity index is 1.60. The third kappa shape index (κ3) is 6.82. The second-order valence-electron chi connectivity index (χ2n) is 6.24. The van der Waals surface area contributed by atoms with Gasteiger partial charge in [-0.3, -0.25) is 14.5 Å². The monoisotopic (exact) mass is 317 g/mol. The standard InChI is InChI=1S/C18H27N3O2/c1-15(22)19-9-10-20-18(23)14-21-11-7-17(8-12-21)13-16-5-3-2-4-6-16/h2-6,17H,7-14H2,1H3,(H,19,22)(H,20,23). The molecule has 0 unspecified atom stereocenters. The van der Waals surface area contributed by atoms with Crippen LogP contribution in [-0.2, 0) is 16.0 Å². The average Bonchev–Trinajstić information content (AvgIpc) is 2.54. The number of hydrogen-bond donors (Lipinski definition) is 2. The molecule has 0 aromatic heterocycles. The molecule has 2 amide bonds. The van der Waals surface area contributed by atoms with Crippen molar-refractivity contribution in [2.75, 3.05) is 32.7 Å². The van der Waals surface area contributed by atoms with E-state index in [0.717, 1.165) is 38.3 Å². The lowest BCUT2D eigenvalue weighted by molar-refractivity contribution is -0.123. The summed E-state index contributed by atoms with van der Waals surface area (Å²) >= 11 is 0. The molecule has 1 aromatic rings. The normalized spacial score (nSPS) is 16.0. The first kappa shape index (κ1) is 17.5. The lowest BCUT2D eigenvalue weighted by Gasteiger charge is -2.31. The number of nitrogens with one attached hydrogen (secondary N) is 2. The number of piperidine rings is 1. The number of rotatable bonds is 7. The molecule has 1 aliphatic heterocycles. The van der Waals surface area contributed by atoms with Crippen LogP contribution in [-0.4, -0.2) is 49.4 Å². The predicted octanol–water partition coefficient (Wildman–Crippen LogP) is 1.19. The van der Waals surface area contributed by atoms with Crippen molar-refractivity contribution in [3.8, 4) is 0 Å². The average molecular weight is 317 g/mol. The molecule has 0 saturated carbocycles. The third-order valence-corrected chi connectivity index (χ3v) is 4.26. The van der Waals surface area contributed by atoms with E-state index in [4.69, 9.17) is 0 Å². The smallest absolute Gasteiger partial charge is 0.234 e. The third-order valence-electron chi connectivity index (χ3n) is 4.26. The highest BCUT2D eigenvalue weighted by Crippen LogP contribution is 2.21. The first-order chi connectivity index (χ1) is 11.1. The fourth-order valence-electron chi connectivity index (χ4n) is 3.00. The van der Waals surface area contributed by atoms with Crippen LogP contribution in [0, 0.1) is 5.92 Å². The number of amides is 2. The number of hydrogen-bond acceptors (Lipinski definition) is 3. The van der Waals surface area contributed by atoms with Crippen molar-refractivity contribution in [1.29, 1.82) is 0 Å². The largest absolute Gasteiger partial charge is 0.355 e. The summed E-state index contributed by atoms with van der Waals surface area (Å²) in [5.74, 6) is 0.688. The van der Waals surface area contributed by atoms with Gasteiger partial charge in [-0.25, -0.2) is 0 Å². The molecule has 1 saturated heterocycles. The molecule has 0 radical (unpaired) electrons. The van der Waals surface area contributed by atoms with E-state index in [1.54, 1.807) is 0 Å². The van der Waals surface area contributed by atoms with E-state index in [1.807, 2.05) is 0 Å². The molecule has 126 valence electrons. The Kier molecular flexibility index (Phi) is 7.07. The maximum Gasteiger partial charge on any atom is 0.234 e. The summed E-state index contributed by atoms with van der Waals surface area (Å²) in [7, 11) is 0. The number of benzene rings is 1. The Morgan fingerprint density at radius 3 is 2.39 bits per heavy atom. The van der Waals surface area contributed by atoms with Crippen LogP contribution in [0.4, 0.5) is 0 Å². The van der Waals surface area contributed by atoms with E-state index in [2.05, 4.69) is 45.9 Å². The van der Waals surface area contributed by atoms with Crippen molar-refractivity contribution in [2.45, 2.75) is 26.2 Å². The molecule has 1 aliphatic rings. The molecular weight excluding hydrogens is 290 g/mol. The van der Waals surface area contributed by atoms with Crippen LogP contribution in [0.25, 0.3) is 0 Å². The van der Waals surface area contributed by atoms with E-state index in [0.29, 0.717) is 19.6 Å². The Morgan fingerprint density at radius 2 is 1.74 bits per heavy atom. The van der Waals surface area contributed by atoms with Crippen LogP contribution in [0.1, 0.15) is 25.3 Å². The van der Waals surface area contributed by atoms with Crippen LogP contribution < -0.4 is 10.6 Å². The lowest BCUT2D eigenvalue weighted by Crippen LogP contribution is -2.43. The van der Waals surface area contributed by atoms with Crippen LogP contribution in [0.3, 0.4) is 0 Å². The van der Waals surface area contributed by atoms with Gasteiger partial charge < -0.3 is 10.6 Å². The van der Waals surface area contributed by atoms with Gasteiger partial charge in [-0.15, -0.1) is 0 Å². The quantitative estimate of drug-likeness (QED) is 0.743. The summed E-state index contributed by atoms with van der Waals surface area (Å²) in [6.07, 6.45) is 3.43. The second kappa shape index (κ2) is 9.30. The summed E-state index contributed by atoms with van der Waals surface area (Å²) in [4.78, 5) is 24.8. The van der Waals surface area contributed by atoms with Gasteiger partial charge in [0.25, 0.3) is 0 Å². The van der Waals surface area contributed by atoms with Crippen molar-refractivity contribution in [2.24, 2.45) is 5.92 Å². The second-order valence-corrected chi connectivity index (χ2v) is 6.24. The zero-order valence-corrected chi connectivity index (χ0v) is 13.9. The molecule has 0 bridgehead atoms. The first-order valence-corrected chi connectivity index (χ1v) is 8.41. The fraction of sp³-hybridized carbons (Fsp3) is 0.556. The molecule has 1 fully saturated rings. The Labute approximate surface area is 138 Å². The van der Waals surface area contributed by atoms with E-state index >= 15 is 0 Å². The lowest BCUT2D eigenvalue weighted by atomic mass is 9.90. The highest BCUT2D eigenvalue weighted by atomic mass is 16.2. The predicted molar refractivity (Wildman–Crippen MR) is 91.0 cm³/mol. The summed E-state index contributed by atoms with van der Waals surface area (Å²) < 4.78 is 0. The van der Waals surface area contributed by atoms with Gasteiger partial charge in [0.05, 0.1) is 6.54 Å². The van der Waals surface area contributed by atoms with E-state index in [-0.39, 0.29) is 11.8 Å².